The lowest BCUT2D eigenvalue weighted by atomic mass is 9.58. The summed E-state index contributed by atoms with van der Waals surface area (Å²) in [6.07, 6.45) is 26.5. The Morgan fingerprint density at radius 2 is 1.28 bits per heavy atom. The van der Waals surface area contributed by atoms with Crippen LogP contribution >= 0.6 is 0 Å². The molecule has 0 N–H and O–H groups in total. The maximum absolute atomic E-state index is 10.2. The van der Waals surface area contributed by atoms with Crippen molar-refractivity contribution in [2.45, 2.75) is 136 Å². The Labute approximate surface area is 182 Å². The van der Waals surface area contributed by atoms with Gasteiger partial charge in [0.2, 0.25) is 0 Å². The first kappa shape index (κ1) is 23.2. The first-order valence-electron chi connectivity index (χ1n) is 13.6. The van der Waals surface area contributed by atoms with Crippen molar-refractivity contribution in [3.8, 4) is 6.07 Å². The topological polar surface area (TPSA) is 23.8 Å². The molecule has 0 bridgehead atoms. The second-order valence-electron chi connectivity index (χ2n) is 11.2. The summed E-state index contributed by atoms with van der Waals surface area (Å²) in [7, 11) is 0. The van der Waals surface area contributed by atoms with Gasteiger partial charge in [-0.1, -0.05) is 71.6 Å². The summed E-state index contributed by atoms with van der Waals surface area (Å²) >= 11 is 0. The summed E-state index contributed by atoms with van der Waals surface area (Å²) in [6, 6.07) is 2.90. The van der Waals surface area contributed by atoms with E-state index in [4.69, 9.17) is 0 Å². The monoisotopic (exact) mass is 399 g/mol. The molecule has 0 aliphatic heterocycles. The molecule has 3 saturated carbocycles. The molecule has 166 valence electrons. The molecule has 0 aromatic heterocycles. The second-order valence-corrected chi connectivity index (χ2v) is 11.2. The number of unbranched alkanes of at least 4 members (excludes halogenated alkanes) is 4. The zero-order valence-corrected chi connectivity index (χ0v) is 19.8. The molecule has 0 aromatic carbocycles. The van der Waals surface area contributed by atoms with Crippen molar-refractivity contribution in [1.29, 1.82) is 5.26 Å². The summed E-state index contributed by atoms with van der Waals surface area (Å²) < 4.78 is 0. The molecule has 0 heterocycles. The Kier molecular flexibility index (Phi) is 9.40. The van der Waals surface area contributed by atoms with Gasteiger partial charge in [0, 0.05) is 0 Å². The number of hydrogen-bond donors (Lipinski definition) is 0. The van der Waals surface area contributed by atoms with Gasteiger partial charge in [0.05, 0.1) is 11.5 Å². The average molecular weight is 400 g/mol. The molecule has 3 aliphatic carbocycles. The minimum Gasteiger partial charge on any atom is -0.198 e. The molecule has 3 aliphatic rings. The van der Waals surface area contributed by atoms with Gasteiger partial charge < -0.3 is 0 Å². The van der Waals surface area contributed by atoms with Gasteiger partial charge in [-0.05, 0) is 93.8 Å². The fourth-order valence-electron chi connectivity index (χ4n) is 7.34. The van der Waals surface area contributed by atoms with Crippen molar-refractivity contribution in [3.05, 3.63) is 0 Å². The van der Waals surface area contributed by atoms with E-state index in [0.717, 1.165) is 23.7 Å². The summed E-state index contributed by atoms with van der Waals surface area (Å²) in [5.41, 5.74) is 0.0452. The highest BCUT2D eigenvalue weighted by molar-refractivity contribution is 5.06. The second kappa shape index (κ2) is 11.8. The van der Waals surface area contributed by atoms with Crippen molar-refractivity contribution in [3.63, 3.8) is 0 Å². The quantitative estimate of drug-likeness (QED) is 0.355. The zero-order chi connectivity index (χ0) is 20.5. The van der Waals surface area contributed by atoms with E-state index in [1.807, 2.05) is 0 Å². The molecule has 0 unspecified atom stereocenters. The standard InChI is InChI=1S/C28H49N/c1-3-5-6-7-8-9-24-18-20-28(22-29,21-19-24)27-16-14-26(15-17-27)25-12-10-23(4-2)11-13-25/h23-27H,3-21H2,1-2H3/t23-,24-,25-,26-,27+,28+. The van der Waals surface area contributed by atoms with Crippen molar-refractivity contribution < 1.29 is 0 Å². The lowest BCUT2D eigenvalue weighted by Gasteiger charge is -2.45. The van der Waals surface area contributed by atoms with E-state index in [2.05, 4.69) is 19.9 Å². The molecule has 0 spiro atoms. The van der Waals surface area contributed by atoms with E-state index in [1.54, 1.807) is 0 Å². The van der Waals surface area contributed by atoms with Gasteiger partial charge >= 0.3 is 0 Å². The third kappa shape index (κ3) is 6.24. The predicted octanol–water partition coefficient (Wildman–Crippen LogP) is 9.07. The van der Waals surface area contributed by atoms with Crippen molar-refractivity contribution in [2.75, 3.05) is 0 Å². The Hall–Kier alpha value is -0.510. The van der Waals surface area contributed by atoms with Crippen LogP contribution < -0.4 is 0 Å². The van der Waals surface area contributed by atoms with Gasteiger partial charge in [0.25, 0.3) is 0 Å². The summed E-state index contributed by atoms with van der Waals surface area (Å²) in [4.78, 5) is 0. The SMILES string of the molecule is CCCCCCC[C@H]1CC[C@@](C#N)([C@H]2CC[C@@H]([C@H]3CC[C@H](CC)CC3)CC2)CC1. The molecule has 1 heteroatoms. The van der Waals surface area contributed by atoms with Crippen LogP contribution in [-0.4, -0.2) is 0 Å². The Balaban J connectivity index is 1.40. The van der Waals surface area contributed by atoms with Gasteiger partial charge in [-0.2, -0.15) is 5.26 Å². The van der Waals surface area contributed by atoms with E-state index in [1.165, 1.54) is 122 Å². The van der Waals surface area contributed by atoms with Gasteiger partial charge in [-0.25, -0.2) is 0 Å². The van der Waals surface area contributed by atoms with Crippen LogP contribution in [0.15, 0.2) is 0 Å². The van der Waals surface area contributed by atoms with Crippen LogP contribution in [0.4, 0.5) is 0 Å². The highest BCUT2D eigenvalue weighted by atomic mass is 14.5. The Morgan fingerprint density at radius 1 is 0.690 bits per heavy atom. The maximum atomic E-state index is 10.2. The maximum Gasteiger partial charge on any atom is 0.0692 e. The highest BCUT2D eigenvalue weighted by Gasteiger charge is 2.44. The van der Waals surface area contributed by atoms with E-state index in [0.29, 0.717) is 5.92 Å². The number of hydrogen-bond acceptors (Lipinski definition) is 1. The smallest absolute Gasteiger partial charge is 0.0692 e. The highest BCUT2D eigenvalue weighted by Crippen LogP contribution is 2.52. The predicted molar refractivity (Wildman–Crippen MR) is 125 cm³/mol. The van der Waals surface area contributed by atoms with Crippen LogP contribution in [-0.2, 0) is 0 Å². The number of nitrogens with zero attached hydrogens (tertiary/aromatic N) is 1. The van der Waals surface area contributed by atoms with Gasteiger partial charge in [-0.3, -0.25) is 0 Å². The minimum atomic E-state index is 0.0452. The number of nitriles is 1. The summed E-state index contributed by atoms with van der Waals surface area (Å²) in [5.74, 6) is 4.65. The third-order valence-electron chi connectivity index (χ3n) is 9.62. The molecule has 1 nitrogen and oxygen atoms in total. The molecule has 0 aromatic rings. The number of rotatable bonds is 9. The summed E-state index contributed by atoms with van der Waals surface area (Å²) in [5, 5.41) is 10.2. The molecular weight excluding hydrogens is 350 g/mol. The fourth-order valence-corrected chi connectivity index (χ4v) is 7.34. The Bertz CT molecular complexity index is 479. The van der Waals surface area contributed by atoms with E-state index >= 15 is 0 Å². The third-order valence-corrected chi connectivity index (χ3v) is 9.62. The van der Waals surface area contributed by atoms with Crippen molar-refractivity contribution in [2.24, 2.45) is 35.0 Å². The minimum absolute atomic E-state index is 0.0452. The lowest BCUT2D eigenvalue weighted by Crippen LogP contribution is -2.37. The van der Waals surface area contributed by atoms with E-state index < -0.39 is 0 Å². The largest absolute Gasteiger partial charge is 0.198 e. The van der Waals surface area contributed by atoms with Crippen LogP contribution in [0.25, 0.3) is 0 Å². The lowest BCUT2D eigenvalue weighted by molar-refractivity contribution is 0.0649. The molecule has 3 fully saturated rings. The van der Waals surface area contributed by atoms with Crippen molar-refractivity contribution >= 4 is 0 Å². The molecule has 3 rings (SSSR count). The van der Waals surface area contributed by atoms with Gasteiger partial charge in [0.15, 0.2) is 0 Å². The molecule has 29 heavy (non-hydrogen) atoms. The van der Waals surface area contributed by atoms with Gasteiger partial charge in [0.1, 0.15) is 0 Å². The van der Waals surface area contributed by atoms with E-state index in [-0.39, 0.29) is 5.41 Å². The van der Waals surface area contributed by atoms with Crippen LogP contribution in [0, 0.1) is 46.3 Å². The molecule has 0 radical (unpaired) electrons. The Morgan fingerprint density at radius 3 is 1.83 bits per heavy atom. The molecule has 0 amide bonds. The first-order valence-corrected chi connectivity index (χ1v) is 13.6. The van der Waals surface area contributed by atoms with Crippen LogP contribution in [0.2, 0.25) is 0 Å². The van der Waals surface area contributed by atoms with E-state index in [9.17, 15) is 5.26 Å². The van der Waals surface area contributed by atoms with Crippen LogP contribution in [0.3, 0.4) is 0 Å². The average Bonchev–Trinajstić information content (AvgIpc) is 2.80. The van der Waals surface area contributed by atoms with Crippen LogP contribution in [0.5, 0.6) is 0 Å². The van der Waals surface area contributed by atoms with Crippen molar-refractivity contribution in [1.82, 2.24) is 0 Å². The molecule has 0 saturated heterocycles. The zero-order valence-electron chi connectivity index (χ0n) is 19.8. The summed E-state index contributed by atoms with van der Waals surface area (Å²) in [6.45, 7) is 4.67. The fraction of sp³-hybridized carbons (Fsp3) is 0.964. The molecular formula is C28H49N. The normalized spacial score (nSPS) is 38.4. The van der Waals surface area contributed by atoms with Gasteiger partial charge in [-0.15, -0.1) is 0 Å². The van der Waals surface area contributed by atoms with Crippen LogP contribution in [0.1, 0.15) is 136 Å². The first-order chi connectivity index (χ1) is 14.2. The molecule has 0 atom stereocenters.